The average molecular weight is 265 g/mol. The van der Waals surface area contributed by atoms with Crippen LogP contribution in [0.3, 0.4) is 0 Å². The predicted molar refractivity (Wildman–Crippen MR) is 72.9 cm³/mol. The molecule has 98 valence electrons. The Balaban J connectivity index is 2.34. The number of hydrogen-bond acceptors (Lipinski definition) is 2. The number of piperidine rings is 1. The summed E-state index contributed by atoms with van der Waals surface area (Å²) in [7, 11) is -3.38. The second kappa shape index (κ2) is 5.24. The van der Waals surface area contributed by atoms with Gasteiger partial charge in [-0.05, 0) is 31.9 Å². The monoisotopic (exact) mass is 265 g/mol. The van der Waals surface area contributed by atoms with Gasteiger partial charge in [-0.3, -0.25) is 0 Å². The third kappa shape index (κ3) is 2.49. The van der Waals surface area contributed by atoms with Gasteiger partial charge in [0.25, 0.3) is 0 Å². The minimum atomic E-state index is -3.38. The standard InChI is InChI=1S/C14H19NO2S/c1-3-13-6-4-5-11-15(13)18(16,17)14-9-7-12(2)8-10-14/h3,7-10,13H,1,4-6,11H2,2H3. The van der Waals surface area contributed by atoms with Gasteiger partial charge in [-0.2, -0.15) is 4.31 Å². The van der Waals surface area contributed by atoms with Crippen molar-refractivity contribution in [3.8, 4) is 0 Å². The first-order valence-corrected chi connectivity index (χ1v) is 7.71. The fourth-order valence-corrected chi connectivity index (χ4v) is 3.98. The normalized spacial score (nSPS) is 21.7. The van der Waals surface area contributed by atoms with Crippen LogP contribution in [0.15, 0.2) is 41.8 Å². The molecule has 3 nitrogen and oxygen atoms in total. The molecule has 1 unspecified atom stereocenters. The number of hydrogen-bond donors (Lipinski definition) is 0. The maximum absolute atomic E-state index is 12.5. The van der Waals surface area contributed by atoms with Crippen molar-refractivity contribution in [2.24, 2.45) is 0 Å². The zero-order chi connectivity index (χ0) is 13.2. The summed E-state index contributed by atoms with van der Waals surface area (Å²) in [6, 6.07) is 6.96. The molecule has 0 amide bonds. The molecule has 0 spiro atoms. The van der Waals surface area contributed by atoms with Crippen molar-refractivity contribution in [2.75, 3.05) is 6.54 Å². The van der Waals surface area contributed by atoms with Crippen LogP contribution in [0.5, 0.6) is 0 Å². The lowest BCUT2D eigenvalue weighted by molar-refractivity contribution is 0.292. The molecule has 0 aromatic heterocycles. The van der Waals surface area contributed by atoms with E-state index in [1.807, 2.05) is 19.1 Å². The molecule has 0 bridgehead atoms. The minimum Gasteiger partial charge on any atom is -0.207 e. The van der Waals surface area contributed by atoms with E-state index < -0.39 is 10.0 Å². The number of benzene rings is 1. The zero-order valence-electron chi connectivity index (χ0n) is 10.7. The number of sulfonamides is 1. The molecule has 2 rings (SSSR count). The number of rotatable bonds is 3. The molecule has 0 N–H and O–H groups in total. The van der Waals surface area contributed by atoms with E-state index in [1.165, 1.54) is 0 Å². The van der Waals surface area contributed by atoms with Crippen molar-refractivity contribution in [1.29, 1.82) is 0 Å². The topological polar surface area (TPSA) is 37.4 Å². The summed E-state index contributed by atoms with van der Waals surface area (Å²) in [5, 5.41) is 0. The van der Waals surface area contributed by atoms with E-state index in [4.69, 9.17) is 0 Å². The molecular weight excluding hydrogens is 246 g/mol. The maximum atomic E-state index is 12.5. The van der Waals surface area contributed by atoms with Crippen LogP contribution >= 0.6 is 0 Å². The van der Waals surface area contributed by atoms with Crippen molar-refractivity contribution in [3.05, 3.63) is 42.5 Å². The lowest BCUT2D eigenvalue weighted by Gasteiger charge is -2.32. The first kappa shape index (κ1) is 13.3. The highest BCUT2D eigenvalue weighted by atomic mass is 32.2. The van der Waals surface area contributed by atoms with Gasteiger partial charge in [-0.15, -0.1) is 6.58 Å². The minimum absolute atomic E-state index is 0.0648. The Bertz CT molecular complexity index is 519. The Hall–Kier alpha value is -1.13. The van der Waals surface area contributed by atoms with Crippen molar-refractivity contribution in [2.45, 2.75) is 37.1 Å². The van der Waals surface area contributed by atoms with Crippen LogP contribution in [0, 0.1) is 6.92 Å². The molecular formula is C14H19NO2S. The van der Waals surface area contributed by atoms with E-state index in [2.05, 4.69) is 6.58 Å². The molecule has 1 heterocycles. The lowest BCUT2D eigenvalue weighted by Crippen LogP contribution is -2.42. The highest BCUT2D eigenvalue weighted by Crippen LogP contribution is 2.25. The Kier molecular flexibility index (Phi) is 3.88. The SMILES string of the molecule is C=CC1CCCCN1S(=O)(=O)c1ccc(C)cc1. The van der Waals surface area contributed by atoms with Crippen LogP contribution in [0.2, 0.25) is 0 Å². The van der Waals surface area contributed by atoms with Crippen LogP contribution in [-0.2, 0) is 10.0 Å². The van der Waals surface area contributed by atoms with Gasteiger partial charge in [0, 0.05) is 12.6 Å². The van der Waals surface area contributed by atoms with E-state index in [9.17, 15) is 8.42 Å². The summed E-state index contributed by atoms with van der Waals surface area (Å²) in [4.78, 5) is 0.377. The predicted octanol–water partition coefficient (Wildman–Crippen LogP) is 2.72. The van der Waals surface area contributed by atoms with E-state index >= 15 is 0 Å². The molecule has 1 fully saturated rings. The molecule has 1 aliphatic rings. The van der Waals surface area contributed by atoms with Gasteiger partial charge in [0.05, 0.1) is 4.90 Å². The van der Waals surface area contributed by atoms with E-state index in [-0.39, 0.29) is 6.04 Å². The van der Waals surface area contributed by atoms with Crippen molar-refractivity contribution >= 4 is 10.0 Å². The van der Waals surface area contributed by atoms with Crippen LogP contribution in [0.4, 0.5) is 0 Å². The average Bonchev–Trinajstić information content (AvgIpc) is 2.39. The highest BCUT2D eigenvalue weighted by molar-refractivity contribution is 7.89. The Labute approximate surface area is 109 Å². The Morgan fingerprint density at radius 3 is 2.56 bits per heavy atom. The summed E-state index contributed by atoms with van der Waals surface area (Å²) < 4.78 is 26.7. The zero-order valence-corrected chi connectivity index (χ0v) is 11.5. The van der Waals surface area contributed by atoms with Crippen molar-refractivity contribution in [1.82, 2.24) is 4.31 Å². The quantitative estimate of drug-likeness (QED) is 0.788. The van der Waals surface area contributed by atoms with Gasteiger partial charge in [0.15, 0.2) is 0 Å². The lowest BCUT2D eigenvalue weighted by atomic mass is 10.1. The largest absolute Gasteiger partial charge is 0.243 e. The number of aryl methyl sites for hydroxylation is 1. The summed E-state index contributed by atoms with van der Waals surface area (Å²) >= 11 is 0. The van der Waals surface area contributed by atoms with Crippen molar-refractivity contribution < 1.29 is 8.42 Å². The van der Waals surface area contributed by atoms with E-state index in [1.54, 1.807) is 22.5 Å². The molecule has 0 aliphatic carbocycles. The first-order valence-electron chi connectivity index (χ1n) is 6.27. The highest BCUT2D eigenvalue weighted by Gasteiger charge is 2.31. The summed E-state index contributed by atoms with van der Waals surface area (Å²) in [6.07, 6.45) is 4.60. The van der Waals surface area contributed by atoms with Crippen LogP contribution in [0.25, 0.3) is 0 Å². The molecule has 1 atom stereocenters. The summed E-state index contributed by atoms with van der Waals surface area (Å²) in [5.41, 5.74) is 1.06. The van der Waals surface area contributed by atoms with Crippen molar-refractivity contribution in [3.63, 3.8) is 0 Å². The molecule has 0 saturated carbocycles. The van der Waals surface area contributed by atoms with Gasteiger partial charge >= 0.3 is 0 Å². The third-order valence-electron chi connectivity index (χ3n) is 3.40. The third-order valence-corrected chi connectivity index (χ3v) is 5.34. The summed E-state index contributed by atoms with van der Waals surface area (Å²) in [5.74, 6) is 0. The smallest absolute Gasteiger partial charge is 0.207 e. The van der Waals surface area contributed by atoms with Crippen LogP contribution in [0.1, 0.15) is 24.8 Å². The van der Waals surface area contributed by atoms with E-state index in [0.717, 1.165) is 24.8 Å². The fourth-order valence-electron chi connectivity index (χ4n) is 2.31. The molecule has 1 aromatic carbocycles. The first-order chi connectivity index (χ1) is 8.55. The van der Waals surface area contributed by atoms with Gasteiger partial charge in [-0.1, -0.05) is 30.2 Å². The van der Waals surface area contributed by atoms with Crippen LogP contribution < -0.4 is 0 Å². The maximum Gasteiger partial charge on any atom is 0.243 e. The fraction of sp³-hybridized carbons (Fsp3) is 0.429. The van der Waals surface area contributed by atoms with E-state index in [0.29, 0.717) is 11.4 Å². The Morgan fingerprint density at radius 1 is 1.28 bits per heavy atom. The molecule has 1 aromatic rings. The van der Waals surface area contributed by atoms with Gasteiger partial charge in [0.2, 0.25) is 10.0 Å². The molecule has 1 aliphatic heterocycles. The molecule has 1 saturated heterocycles. The van der Waals surface area contributed by atoms with Gasteiger partial charge in [-0.25, -0.2) is 8.42 Å². The molecule has 18 heavy (non-hydrogen) atoms. The van der Waals surface area contributed by atoms with Gasteiger partial charge in [0.1, 0.15) is 0 Å². The molecule has 0 radical (unpaired) electrons. The number of nitrogens with zero attached hydrogens (tertiary/aromatic N) is 1. The van der Waals surface area contributed by atoms with Gasteiger partial charge < -0.3 is 0 Å². The summed E-state index contributed by atoms with van der Waals surface area (Å²) in [6.45, 7) is 6.29. The molecule has 4 heteroatoms. The second-order valence-corrected chi connectivity index (χ2v) is 6.62. The van der Waals surface area contributed by atoms with Crippen LogP contribution in [-0.4, -0.2) is 25.3 Å². The second-order valence-electron chi connectivity index (χ2n) is 4.73. The Morgan fingerprint density at radius 2 is 1.94 bits per heavy atom.